The van der Waals surface area contributed by atoms with Gasteiger partial charge >= 0.3 is 0 Å². The van der Waals surface area contributed by atoms with Crippen molar-refractivity contribution in [1.29, 1.82) is 0 Å². The Kier molecular flexibility index (Phi) is 7.63. The van der Waals surface area contributed by atoms with Crippen LogP contribution < -0.4 is 25.2 Å². The number of hydrogen-bond acceptors (Lipinski definition) is 6. The smallest absolute Gasteiger partial charge is 0.232 e. The van der Waals surface area contributed by atoms with Gasteiger partial charge in [0.2, 0.25) is 5.95 Å². The maximum absolute atomic E-state index is 5.55. The van der Waals surface area contributed by atoms with E-state index in [0.29, 0.717) is 23.5 Å². The van der Waals surface area contributed by atoms with Crippen LogP contribution in [0.4, 0.5) is 17.6 Å². The van der Waals surface area contributed by atoms with Gasteiger partial charge in [-0.3, -0.25) is 0 Å². The average Bonchev–Trinajstić information content (AvgIpc) is 2.83. The van der Waals surface area contributed by atoms with E-state index in [9.17, 15) is 0 Å². The Balaban J connectivity index is 1.46. The number of ether oxygens (including phenoxy) is 1. The average molecular weight is 455 g/mol. The van der Waals surface area contributed by atoms with Crippen molar-refractivity contribution >= 4 is 34.9 Å². The lowest BCUT2D eigenvalue weighted by atomic mass is 10.0. The number of anilines is 3. The number of benzene rings is 1. The number of rotatable bonds is 6. The lowest BCUT2D eigenvalue weighted by Gasteiger charge is -2.33. The van der Waals surface area contributed by atoms with Gasteiger partial charge in [0, 0.05) is 38.8 Å². The Morgan fingerprint density at radius 2 is 1.72 bits per heavy atom. The van der Waals surface area contributed by atoms with Crippen LogP contribution in [0, 0.1) is 5.92 Å². The van der Waals surface area contributed by atoms with Crippen molar-refractivity contribution in [3.63, 3.8) is 0 Å². The molecule has 32 heavy (non-hydrogen) atoms. The highest BCUT2D eigenvalue weighted by molar-refractivity contribution is 7.80. The summed E-state index contributed by atoms with van der Waals surface area (Å²) in [6, 6.07) is 10.1. The highest BCUT2D eigenvalue weighted by Crippen LogP contribution is 2.27. The molecule has 0 saturated carbocycles. The van der Waals surface area contributed by atoms with Crippen LogP contribution in [0.15, 0.2) is 30.3 Å². The molecule has 2 fully saturated rings. The van der Waals surface area contributed by atoms with E-state index in [2.05, 4.69) is 33.4 Å². The molecule has 0 bridgehead atoms. The fourth-order valence-corrected chi connectivity index (χ4v) is 4.56. The van der Waals surface area contributed by atoms with Gasteiger partial charge in [0.05, 0.1) is 7.11 Å². The van der Waals surface area contributed by atoms with Crippen molar-refractivity contribution < 1.29 is 4.74 Å². The van der Waals surface area contributed by atoms with Crippen molar-refractivity contribution in [2.24, 2.45) is 5.92 Å². The van der Waals surface area contributed by atoms with Crippen LogP contribution in [0.3, 0.4) is 0 Å². The van der Waals surface area contributed by atoms with Crippen LogP contribution >= 0.6 is 12.2 Å². The molecule has 0 amide bonds. The molecule has 0 spiro atoms. The molecule has 2 aliphatic heterocycles. The zero-order valence-corrected chi connectivity index (χ0v) is 20.0. The Bertz CT molecular complexity index is 900. The molecule has 2 aliphatic rings. The molecule has 8 heteroatoms. The van der Waals surface area contributed by atoms with Crippen LogP contribution in [0.25, 0.3) is 0 Å². The van der Waals surface area contributed by atoms with Crippen LogP contribution in [0.5, 0.6) is 5.75 Å². The van der Waals surface area contributed by atoms with Gasteiger partial charge in [-0.2, -0.15) is 9.97 Å². The quantitative estimate of drug-likeness (QED) is 0.630. The molecular formula is C24H34N6OS. The highest BCUT2D eigenvalue weighted by atomic mass is 32.1. The minimum absolute atomic E-state index is 0.523. The molecule has 0 aliphatic carbocycles. The summed E-state index contributed by atoms with van der Waals surface area (Å²) in [4.78, 5) is 14.4. The summed E-state index contributed by atoms with van der Waals surface area (Å²) in [5, 5.41) is 7.01. The monoisotopic (exact) mass is 454 g/mol. The molecule has 3 heterocycles. The van der Waals surface area contributed by atoms with E-state index in [4.69, 9.17) is 26.9 Å². The van der Waals surface area contributed by atoms with Crippen molar-refractivity contribution in [3.8, 4) is 5.75 Å². The van der Waals surface area contributed by atoms with Gasteiger partial charge < -0.3 is 25.2 Å². The van der Waals surface area contributed by atoms with Gasteiger partial charge in [0.15, 0.2) is 5.11 Å². The van der Waals surface area contributed by atoms with Gasteiger partial charge in [0.1, 0.15) is 17.4 Å². The molecule has 1 aromatic heterocycles. The van der Waals surface area contributed by atoms with E-state index in [1.807, 2.05) is 24.3 Å². The van der Waals surface area contributed by atoms with Crippen LogP contribution in [0.2, 0.25) is 0 Å². The number of nitrogens with one attached hydrogen (secondary N) is 2. The number of piperidine rings is 2. The maximum Gasteiger partial charge on any atom is 0.232 e. The summed E-state index contributed by atoms with van der Waals surface area (Å²) in [5.41, 5.74) is 1.13. The largest absolute Gasteiger partial charge is 0.497 e. The zero-order chi connectivity index (χ0) is 22.3. The predicted molar refractivity (Wildman–Crippen MR) is 135 cm³/mol. The number of nitrogens with zero attached hydrogens (tertiary/aromatic N) is 4. The van der Waals surface area contributed by atoms with E-state index in [1.165, 1.54) is 32.1 Å². The molecule has 1 atom stereocenters. The molecule has 2 N–H and O–H groups in total. The number of thiocarbonyl (C=S) groups is 1. The Labute approximate surface area is 196 Å². The molecular weight excluding hydrogens is 420 g/mol. The third kappa shape index (κ3) is 6.00. The van der Waals surface area contributed by atoms with Crippen LogP contribution in [0.1, 0.15) is 44.6 Å². The molecule has 2 aromatic rings. The molecule has 0 radical (unpaired) electrons. The Morgan fingerprint density at radius 3 is 2.41 bits per heavy atom. The van der Waals surface area contributed by atoms with Crippen molar-refractivity contribution in [2.75, 3.05) is 48.4 Å². The third-order valence-electron chi connectivity index (χ3n) is 6.20. The maximum atomic E-state index is 5.55. The SMILES string of the molecule is COc1ccc(CNC(=S)Nc2nc(N3CCCCC3)cc(N3CCC[C@H](C)C3)n2)cc1. The second kappa shape index (κ2) is 10.8. The summed E-state index contributed by atoms with van der Waals surface area (Å²) < 4.78 is 5.22. The molecule has 2 saturated heterocycles. The summed E-state index contributed by atoms with van der Waals surface area (Å²) in [7, 11) is 1.67. The number of hydrogen-bond donors (Lipinski definition) is 2. The minimum Gasteiger partial charge on any atom is -0.497 e. The summed E-state index contributed by atoms with van der Waals surface area (Å²) in [6.45, 7) is 7.11. The Hall–Kier alpha value is -2.61. The first kappa shape index (κ1) is 22.6. The standard InChI is InChI=1S/C24H34N6OS/c1-18-7-6-14-30(17-18)22-15-21(29-12-4-3-5-13-29)26-23(27-22)28-24(32)25-16-19-8-10-20(31-2)11-9-19/h8-11,15,18H,3-7,12-14,16-17H2,1-2H3,(H2,25,26,27,28,32)/t18-/m0/s1. The van der Waals surface area contributed by atoms with Gasteiger partial charge in [-0.05, 0) is 67.9 Å². The van der Waals surface area contributed by atoms with E-state index >= 15 is 0 Å². The summed E-state index contributed by atoms with van der Waals surface area (Å²) >= 11 is 5.55. The summed E-state index contributed by atoms with van der Waals surface area (Å²) in [6.07, 6.45) is 6.21. The second-order valence-corrected chi connectivity index (χ2v) is 9.21. The first-order valence-electron chi connectivity index (χ1n) is 11.7. The minimum atomic E-state index is 0.523. The number of methoxy groups -OCH3 is 1. The van der Waals surface area contributed by atoms with Crippen molar-refractivity contribution in [1.82, 2.24) is 15.3 Å². The lowest BCUT2D eigenvalue weighted by molar-refractivity contribution is 0.414. The fourth-order valence-electron chi connectivity index (χ4n) is 4.39. The molecule has 1 aromatic carbocycles. The lowest BCUT2D eigenvalue weighted by Crippen LogP contribution is -2.36. The van der Waals surface area contributed by atoms with Gasteiger partial charge in [-0.15, -0.1) is 0 Å². The normalized spacial score (nSPS) is 18.9. The van der Waals surface area contributed by atoms with E-state index in [-0.39, 0.29) is 0 Å². The fraction of sp³-hybridized carbons (Fsp3) is 0.542. The first-order chi connectivity index (χ1) is 15.6. The topological polar surface area (TPSA) is 65.6 Å². The highest BCUT2D eigenvalue weighted by Gasteiger charge is 2.21. The molecule has 7 nitrogen and oxygen atoms in total. The van der Waals surface area contributed by atoms with Crippen LogP contribution in [-0.4, -0.2) is 48.4 Å². The molecule has 4 rings (SSSR count). The third-order valence-corrected chi connectivity index (χ3v) is 6.44. The van der Waals surface area contributed by atoms with Crippen molar-refractivity contribution in [2.45, 2.75) is 45.6 Å². The van der Waals surface area contributed by atoms with Gasteiger partial charge in [-0.25, -0.2) is 0 Å². The summed E-state index contributed by atoms with van der Waals surface area (Å²) in [5.74, 6) is 4.08. The zero-order valence-electron chi connectivity index (χ0n) is 19.1. The van der Waals surface area contributed by atoms with Gasteiger partial charge in [0.25, 0.3) is 0 Å². The van der Waals surface area contributed by atoms with Crippen molar-refractivity contribution in [3.05, 3.63) is 35.9 Å². The van der Waals surface area contributed by atoms with Crippen LogP contribution in [-0.2, 0) is 6.54 Å². The van der Waals surface area contributed by atoms with E-state index in [1.54, 1.807) is 7.11 Å². The Morgan fingerprint density at radius 1 is 1.03 bits per heavy atom. The van der Waals surface area contributed by atoms with E-state index < -0.39 is 0 Å². The van der Waals surface area contributed by atoms with Gasteiger partial charge in [-0.1, -0.05) is 19.1 Å². The van der Waals surface area contributed by atoms with E-state index in [0.717, 1.165) is 49.1 Å². The molecule has 0 unspecified atom stereocenters. The number of aromatic nitrogens is 2. The predicted octanol–water partition coefficient (Wildman–Crippen LogP) is 4.20. The first-order valence-corrected chi connectivity index (χ1v) is 12.1. The second-order valence-electron chi connectivity index (χ2n) is 8.80. The molecule has 172 valence electrons.